The van der Waals surface area contributed by atoms with Crippen LogP contribution < -0.4 is 10.6 Å². The predicted octanol–water partition coefficient (Wildman–Crippen LogP) is 2.66. The van der Waals surface area contributed by atoms with Crippen LogP contribution in [0, 0.1) is 6.92 Å². The Balaban J connectivity index is 1.83. The number of urea groups is 1. The minimum atomic E-state index is -3.33. The average Bonchev–Trinajstić information content (AvgIpc) is 3.02. The minimum absolute atomic E-state index is 0.163. The lowest BCUT2D eigenvalue weighted by molar-refractivity contribution is 0.251. The molecule has 2 N–H and O–H groups in total. The number of benzene rings is 1. The predicted molar refractivity (Wildman–Crippen MR) is 98.0 cm³/mol. The number of sulfone groups is 1. The standard InChI is InChI=1S/C17H24N4O4S/c1-11(2)16-20-15(25-21-16)6-5-9-18-17(22)19-14-10-13(26(4,23)24)8-7-12(14)3/h7-8,10-11H,5-6,9H2,1-4H3,(H2,18,19,22). The zero-order valence-electron chi connectivity index (χ0n) is 15.4. The molecule has 9 heteroatoms. The van der Waals surface area contributed by atoms with Gasteiger partial charge in [0.25, 0.3) is 0 Å². The van der Waals surface area contributed by atoms with Crippen molar-refractivity contribution >= 4 is 21.6 Å². The van der Waals surface area contributed by atoms with E-state index in [9.17, 15) is 13.2 Å². The van der Waals surface area contributed by atoms with Gasteiger partial charge < -0.3 is 15.2 Å². The van der Waals surface area contributed by atoms with E-state index in [4.69, 9.17) is 4.52 Å². The first-order chi connectivity index (χ1) is 12.2. The molecule has 1 aromatic heterocycles. The van der Waals surface area contributed by atoms with Crippen LogP contribution in [0.3, 0.4) is 0 Å². The Bertz CT molecular complexity index is 875. The maximum absolute atomic E-state index is 12.0. The van der Waals surface area contributed by atoms with Gasteiger partial charge in [0.15, 0.2) is 15.7 Å². The Morgan fingerprint density at radius 2 is 2.04 bits per heavy atom. The molecule has 26 heavy (non-hydrogen) atoms. The van der Waals surface area contributed by atoms with Crippen LogP contribution in [-0.4, -0.2) is 37.4 Å². The van der Waals surface area contributed by atoms with Crippen molar-refractivity contribution in [3.63, 3.8) is 0 Å². The van der Waals surface area contributed by atoms with Gasteiger partial charge in [-0.1, -0.05) is 25.1 Å². The second kappa shape index (κ2) is 8.31. The Hall–Kier alpha value is -2.42. The van der Waals surface area contributed by atoms with E-state index >= 15 is 0 Å². The van der Waals surface area contributed by atoms with Crippen molar-refractivity contribution in [1.29, 1.82) is 0 Å². The van der Waals surface area contributed by atoms with E-state index in [-0.39, 0.29) is 10.8 Å². The van der Waals surface area contributed by atoms with Gasteiger partial charge in [0.1, 0.15) is 0 Å². The smallest absolute Gasteiger partial charge is 0.319 e. The van der Waals surface area contributed by atoms with E-state index in [1.807, 2.05) is 13.8 Å². The third-order valence-corrected chi connectivity index (χ3v) is 4.85. The highest BCUT2D eigenvalue weighted by molar-refractivity contribution is 7.90. The molecule has 2 aromatic rings. The average molecular weight is 380 g/mol. The van der Waals surface area contributed by atoms with E-state index in [1.165, 1.54) is 12.1 Å². The molecular weight excluding hydrogens is 356 g/mol. The fraction of sp³-hybridized carbons (Fsp3) is 0.471. The molecule has 0 atom stereocenters. The molecule has 0 aliphatic rings. The summed E-state index contributed by atoms with van der Waals surface area (Å²) < 4.78 is 28.4. The van der Waals surface area contributed by atoms with Crippen LogP contribution in [0.4, 0.5) is 10.5 Å². The number of aryl methyl sites for hydroxylation is 2. The molecule has 0 saturated heterocycles. The summed E-state index contributed by atoms with van der Waals surface area (Å²) in [6.45, 7) is 6.20. The van der Waals surface area contributed by atoms with Gasteiger partial charge in [-0.3, -0.25) is 0 Å². The summed E-state index contributed by atoms with van der Waals surface area (Å²) in [5.41, 5.74) is 1.24. The number of hydrogen-bond acceptors (Lipinski definition) is 6. The Morgan fingerprint density at radius 1 is 1.31 bits per heavy atom. The number of amides is 2. The van der Waals surface area contributed by atoms with Crippen LogP contribution in [0.1, 0.15) is 43.5 Å². The number of nitrogens with zero attached hydrogens (tertiary/aromatic N) is 2. The lowest BCUT2D eigenvalue weighted by atomic mass is 10.2. The van der Waals surface area contributed by atoms with Gasteiger partial charge in [0.05, 0.1) is 4.90 Å². The fourth-order valence-corrected chi connectivity index (χ4v) is 2.83. The third-order valence-electron chi connectivity index (χ3n) is 3.74. The topological polar surface area (TPSA) is 114 Å². The number of carbonyl (C=O) groups excluding carboxylic acids is 1. The number of rotatable bonds is 7. The first-order valence-corrected chi connectivity index (χ1v) is 10.2. The van der Waals surface area contributed by atoms with Crippen molar-refractivity contribution < 1.29 is 17.7 Å². The summed E-state index contributed by atoms with van der Waals surface area (Å²) in [6.07, 6.45) is 2.35. The zero-order valence-corrected chi connectivity index (χ0v) is 16.2. The second-order valence-corrected chi connectivity index (χ2v) is 8.45. The zero-order chi connectivity index (χ0) is 19.3. The first kappa shape index (κ1) is 19.9. The number of anilines is 1. The summed E-state index contributed by atoms with van der Waals surface area (Å²) >= 11 is 0. The van der Waals surface area contributed by atoms with Crippen LogP contribution in [-0.2, 0) is 16.3 Å². The lowest BCUT2D eigenvalue weighted by Gasteiger charge is -2.11. The molecule has 2 amide bonds. The number of hydrogen-bond donors (Lipinski definition) is 2. The first-order valence-electron chi connectivity index (χ1n) is 8.35. The normalized spacial score (nSPS) is 11.6. The van der Waals surface area contributed by atoms with Crippen molar-refractivity contribution in [3.8, 4) is 0 Å². The molecule has 0 saturated carbocycles. The van der Waals surface area contributed by atoms with Crippen molar-refractivity contribution in [2.75, 3.05) is 18.1 Å². The van der Waals surface area contributed by atoms with Gasteiger partial charge in [0.2, 0.25) is 5.89 Å². The van der Waals surface area contributed by atoms with Gasteiger partial charge in [-0.25, -0.2) is 13.2 Å². The number of carbonyl (C=O) groups is 1. The SMILES string of the molecule is Cc1ccc(S(C)(=O)=O)cc1NC(=O)NCCCc1nc(C(C)C)no1. The van der Waals surface area contributed by atoms with E-state index in [1.54, 1.807) is 13.0 Å². The summed E-state index contributed by atoms with van der Waals surface area (Å²) in [5.74, 6) is 1.43. The molecule has 8 nitrogen and oxygen atoms in total. The quantitative estimate of drug-likeness (QED) is 0.714. The largest absolute Gasteiger partial charge is 0.339 e. The van der Waals surface area contributed by atoms with Crippen LogP contribution >= 0.6 is 0 Å². The van der Waals surface area contributed by atoms with Gasteiger partial charge in [-0.15, -0.1) is 0 Å². The summed E-state index contributed by atoms with van der Waals surface area (Å²) in [7, 11) is -3.33. The summed E-state index contributed by atoms with van der Waals surface area (Å²) in [4.78, 5) is 16.4. The van der Waals surface area contributed by atoms with Gasteiger partial charge in [-0.05, 0) is 31.0 Å². The summed E-state index contributed by atoms with van der Waals surface area (Å²) in [6, 6.07) is 4.24. The second-order valence-electron chi connectivity index (χ2n) is 6.43. The lowest BCUT2D eigenvalue weighted by Crippen LogP contribution is -2.30. The van der Waals surface area contributed by atoms with E-state index in [0.29, 0.717) is 36.8 Å². The monoisotopic (exact) mass is 380 g/mol. The highest BCUT2D eigenvalue weighted by Gasteiger charge is 2.12. The molecular formula is C17H24N4O4S. The van der Waals surface area contributed by atoms with Crippen LogP contribution in [0.2, 0.25) is 0 Å². The Morgan fingerprint density at radius 3 is 2.65 bits per heavy atom. The number of aromatic nitrogens is 2. The molecule has 0 aliphatic heterocycles. The van der Waals surface area contributed by atoms with Crippen LogP contribution in [0.5, 0.6) is 0 Å². The Labute approximate surface area is 153 Å². The van der Waals surface area contributed by atoms with Crippen LogP contribution in [0.25, 0.3) is 0 Å². The maximum atomic E-state index is 12.0. The highest BCUT2D eigenvalue weighted by atomic mass is 32.2. The molecule has 0 spiro atoms. The van der Waals surface area contributed by atoms with Crippen molar-refractivity contribution in [2.24, 2.45) is 0 Å². The van der Waals surface area contributed by atoms with E-state index in [0.717, 1.165) is 11.8 Å². The molecule has 142 valence electrons. The molecule has 0 aliphatic carbocycles. The molecule has 0 radical (unpaired) electrons. The highest BCUT2D eigenvalue weighted by Crippen LogP contribution is 2.20. The molecule has 1 aromatic carbocycles. The molecule has 2 rings (SSSR count). The van der Waals surface area contributed by atoms with E-state index in [2.05, 4.69) is 20.8 Å². The fourth-order valence-electron chi connectivity index (χ4n) is 2.18. The summed E-state index contributed by atoms with van der Waals surface area (Å²) in [5, 5.41) is 9.29. The molecule has 0 unspecified atom stereocenters. The van der Waals surface area contributed by atoms with E-state index < -0.39 is 15.9 Å². The van der Waals surface area contributed by atoms with Crippen LogP contribution in [0.15, 0.2) is 27.6 Å². The third kappa shape index (κ3) is 5.55. The van der Waals surface area contributed by atoms with Crippen molar-refractivity contribution in [3.05, 3.63) is 35.5 Å². The van der Waals surface area contributed by atoms with Gasteiger partial charge in [-0.2, -0.15) is 4.98 Å². The maximum Gasteiger partial charge on any atom is 0.319 e. The Kier molecular flexibility index (Phi) is 6.36. The molecule has 1 heterocycles. The minimum Gasteiger partial charge on any atom is -0.339 e. The van der Waals surface area contributed by atoms with Crippen molar-refractivity contribution in [1.82, 2.24) is 15.5 Å². The molecule has 0 fully saturated rings. The number of nitrogens with one attached hydrogen (secondary N) is 2. The molecule has 0 bridgehead atoms. The van der Waals surface area contributed by atoms with Gasteiger partial charge in [0, 0.05) is 30.8 Å². The van der Waals surface area contributed by atoms with Crippen molar-refractivity contribution in [2.45, 2.75) is 44.4 Å². The van der Waals surface area contributed by atoms with Gasteiger partial charge >= 0.3 is 6.03 Å².